The molecule has 0 fully saturated rings. The van der Waals surface area contributed by atoms with Gasteiger partial charge in [-0.1, -0.05) is 140 Å². The van der Waals surface area contributed by atoms with E-state index in [1.54, 1.807) is 0 Å². The maximum atomic E-state index is 2.41. The molecule has 10 rings (SSSR count). The van der Waals surface area contributed by atoms with Gasteiger partial charge in [0.15, 0.2) is 0 Å². The number of nitrogens with zero attached hydrogens (tertiary/aromatic N) is 2. The van der Waals surface area contributed by atoms with Crippen molar-refractivity contribution < 1.29 is 0 Å². The fraction of sp³-hybridized carbons (Fsp3) is 0. The van der Waals surface area contributed by atoms with Gasteiger partial charge in [0, 0.05) is 59.1 Å². The van der Waals surface area contributed by atoms with E-state index in [9.17, 15) is 0 Å². The molecule has 240 valence electrons. The first-order chi connectivity index (χ1) is 25.3. The predicted octanol–water partition coefficient (Wildman–Crippen LogP) is 14.0. The van der Waals surface area contributed by atoms with Gasteiger partial charge in [-0.2, -0.15) is 0 Å². The molecule has 0 amide bonds. The molecule has 0 unspecified atom stereocenters. The topological polar surface area (TPSA) is 8.17 Å². The van der Waals surface area contributed by atoms with Crippen LogP contribution in [-0.2, 0) is 0 Å². The summed E-state index contributed by atoms with van der Waals surface area (Å²) in [6, 6.07) is 70.3. The number of fused-ring (bicyclic) bond motifs is 6. The average molecular weight is 669 g/mol. The molecule has 2 heterocycles. The van der Waals surface area contributed by atoms with Crippen LogP contribution in [0.4, 0.5) is 17.1 Å². The second-order valence-electron chi connectivity index (χ2n) is 12.9. The molecule has 51 heavy (non-hydrogen) atoms. The zero-order valence-corrected chi connectivity index (χ0v) is 28.6. The third kappa shape index (κ3) is 4.93. The van der Waals surface area contributed by atoms with Gasteiger partial charge in [0.1, 0.15) is 0 Å². The summed E-state index contributed by atoms with van der Waals surface area (Å²) < 4.78 is 5.01. The first kappa shape index (κ1) is 29.5. The van der Waals surface area contributed by atoms with Gasteiger partial charge in [0.25, 0.3) is 0 Å². The Hall–Kier alpha value is -6.42. The van der Waals surface area contributed by atoms with Crippen molar-refractivity contribution in [3.63, 3.8) is 0 Å². The molecule has 0 aliphatic carbocycles. The van der Waals surface area contributed by atoms with E-state index in [4.69, 9.17) is 0 Å². The third-order valence-corrected chi connectivity index (χ3v) is 11.1. The van der Waals surface area contributed by atoms with E-state index < -0.39 is 0 Å². The van der Waals surface area contributed by atoms with Crippen LogP contribution in [0.3, 0.4) is 0 Å². The maximum Gasteiger partial charge on any atom is 0.0619 e. The van der Waals surface area contributed by atoms with E-state index in [0.717, 1.165) is 22.7 Å². The summed E-state index contributed by atoms with van der Waals surface area (Å²) in [4.78, 5) is 2.41. The van der Waals surface area contributed by atoms with Crippen molar-refractivity contribution in [1.82, 2.24) is 4.57 Å². The Kier molecular flexibility index (Phi) is 7.04. The van der Waals surface area contributed by atoms with Gasteiger partial charge < -0.3 is 9.47 Å². The molecule has 0 aliphatic heterocycles. The monoisotopic (exact) mass is 668 g/mol. The van der Waals surface area contributed by atoms with E-state index in [1.165, 1.54) is 64.2 Å². The fourth-order valence-corrected chi connectivity index (χ4v) is 8.84. The van der Waals surface area contributed by atoms with Gasteiger partial charge in [-0.05, 0) is 65.7 Å². The summed E-state index contributed by atoms with van der Waals surface area (Å²) in [7, 11) is 0. The van der Waals surface area contributed by atoms with Crippen LogP contribution in [0, 0.1) is 0 Å². The molecule has 2 aromatic heterocycles. The van der Waals surface area contributed by atoms with Crippen molar-refractivity contribution in [3.05, 3.63) is 194 Å². The van der Waals surface area contributed by atoms with Crippen molar-refractivity contribution in [3.8, 4) is 27.9 Å². The second kappa shape index (κ2) is 12.2. The Bertz CT molecular complexity index is 2850. The number of benzene rings is 8. The molecule has 0 atom stereocenters. The van der Waals surface area contributed by atoms with Crippen LogP contribution >= 0.6 is 11.3 Å². The summed E-state index contributed by atoms with van der Waals surface area (Å²) in [5, 5.41) is 5.13. The number of thiophene rings is 1. The summed E-state index contributed by atoms with van der Waals surface area (Å²) in [5.74, 6) is 0. The minimum absolute atomic E-state index is 1.11. The number of anilines is 3. The lowest BCUT2D eigenvalue weighted by Crippen LogP contribution is -2.11. The molecule has 0 spiro atoms. The smallest absolute Gasteiger partial charge is 0.0619 e. The van der Waals surface area contributed by atoms with Crippen LogP contribution in [0.2, 0.25) is 0 Å². The number of para-hydroxylation sites is 4. The standard InChI is InChI=1S/C48H32N2S/c1-3-14-33(15-4-1)38-18-7-10-23-44(38)49(37-30-31-42-41-20-9-12-25-46(41)51-47(42)32-37)36-28-26-34(27-29-36)39-21-13-22-43-40-19-8-11-24-45(40)50(48(39)43)35-16-5-2-6-17-35/h1-32H. The lowest BCUT2D eigenvalue weighted by atomic mass is 10.00. The van der Waals surface area contributed by atoms with Crippen LogP contribution in [0.15, 0.2) is 194 Å². The summed E-state index contributed by atoms with van der Waals surface area (Å²) in [6.45, 7) is 0. The zero-order chi connectivity index (χ0) is 33.7. The first-order valence-corrected chi connectivity index (χ1v) is 18.2. The third-order valence-electron chi connectivity index (χ3n) is 10.00. The van der Waals surface area contributed by atoms with Gasteiger partial charge in [-0.15, -0.1) is 11.3 Å². The highest BCUT2D eigenvalue weighted by Gasteiger charge is 2.20. The van der Waals surface area contributed by atoms with Gasteiger partial charge in [0.05, 0.1) is 16.7 Å². The Morgan fingerprint density at radius 2 is 1.00 bits per heavy atom. The minimum atomic E-state index is 1.11. The molecule has 10 aromatic rings. The van der Waals surface area contributed by atoms with E-state index in [-0.39, 0.29) is 0 Å². The molecule has 0 saturated heterocycles. The Labute approximate surface area is 300 Å². The maximum absolute atomic E-state index is 2.41. The Morgan fingerprint density at radius 1 is 0.392 bits per heavy atom. The molecule has 0 radical (unpaired) electrons. The van der Waals surface area contributed by atoms with Gasteiger partial charge >= 0.3 is 0 Å². The van der Waals surface area contributed by atoms with Crippen LogP contribution in [0.1, 0.15) is 0 Å². The molecule has 3 heteroatoms. The van der Waals surface area contributed by atoms with Crippen molar-refractivity contribution in [2.24, 2.45) is 0 Å². The molecule has 0 aliphatic rings. The summed E-state index contributed by atoms with van der Waals surface area (Å²) in [5.41, 5.74) is 11.8. The highest BCUT2D eigenvalue weighted by molar-refractivity contribution is 7.25. The molecule has 0 saturated carbocycles. The molecular weight excluding hydrogens is 637 g/mol. The van der Waals surface area contributed by atoms with Crippen LogP contribution in [-0.4, -0.2) is 4.57 Å². The Balaban J connectivity index is 1.16. The number of aromatic nitrogens is 1. The SMILES string of the molecule is c1ccc(-c2ccccc2N(c2ccc(-c3cccc4c5ccccc5n(-c5ccccc5)c34)cc2)c2ccc3c(c2)sc2ccccc23)cc1. The first-order valence-electron chi connectivity index (χ1n) is 17.4. The summed E-state index contributed by atoms with van der Waals surface area (Å²) >= 11 is 1.86. The highest BCUT2D eigenvalue weighted by atomic mass is 32.1. The molecule has 0 bridgehead atoms. The van der Waals surface area contributed by atoms with Gasteiger partial charge in [-0.25, -0.2) is 0 Å². The van der Waals surface area contributed by atoms with Crippen molar-refractivity contribution >= 4 is 70.4 Å². The molecule has 8 aromatic carbocycles. The van der Waals surface area contributed by atoms with Gasteiger partial charge in [-0.3, -0.25) is 0 Å². The predicted molar refractivity (Wildman–Crippen MR) is 219 cm³/mol. The molecular formula is C48H32N2S. The lowest BCUT2D eigenvalue weighted by molar-refractivity contribution is 1.18. The zero-order valence-electron chi connectivity index (χ0n) is 27.8. The van der Waals surface area contributed by atoms with E-state index in [1.807, 2.05) is 11.3 Å². The van der Waals surface area contributed by atoms with Crippen LogP contribution in [0.5, 0.6) is 0 Å². The molecule has 0 N–H and O–H groups in total. The molecule has 2 nitrogen and oxygen atoms in total. The highest BCUT2D eigenvalue weighted by Crippen LogP contribution is 2.45. The normalized spacial score (nSPS) is 11.5. The van der Waals surface area contributed by atoms with Gasteiger partial charge in [0.2, 0.25) is 0 Å². The van der Waals surface area contributed by atoms with E-state index in [0.29, 0.717) is 0 Å². The average Bonchev–Trinajstić information content (AvgIpc) is 3.75. The fourth-order valence-electron chi connectivity index (χ4n) is 7.70. The quantitative estimate of drug-likeness (QED) is 0.171. The van der Waals surface area contributed by atoms with E-state index in [2.05, 4.69) is 204 Å². The largest absolute Gasteiger partial charge is 0.310 e. The van der Waals surface area contributed by atoms with E-state index >= 15 is 0 Å². The van der Waals surface area contributed by atoms with Crippen molar-refractivity contribution in [2.75, 3.05) is 4.90 Å². The number of rotatable bonds is 6. The second-order valence-corrected chi connectivity index (χ2v) is 14.0. The van der Waals surface area contributed by atoms with Crippen LogP contribution in [0.25, 0.3) is 69.9 Å². The number of hydrogen-bond donors (Lipinski definition) is 0. The lowest BCUT2D eigenvalue weighted by Gasteiger charge is -2.28. The Morgan fingerprint density at radius 3 is 1.84 bits per heavy atom. The van der Waals surface area contributed by atoms with Crippen molar-refractivity contribution in [2.45, 2.75) is 0 Å². The van der Waals surface area contributed by atoms with Crippen molar-refractivity contribution in [1.29, 1.82) is 0 Å². The number of hydrogen-bond acceptors (Lipinski definition) is 2. The van der Waals surface area contributed by atoms with Crippen LogP contribution < -0.4 is 4.90 Å². The summed E-state index contributed by atoms with van der Waals surface area (Å²) in [6.07, 6.45) is 0. The minimum Gasteiger partial charge on any atom is -0.310 e.